The van der Waals surface area contributed by atoms with Gasteiger partial charge in [0, 0.05) is 11.4 Å². The molecule has 1 N–H and O–H groups in total. The number of aryl methyl sites for hydroxylation is 1. The summed E-state index contributed by atoms with van der Waals surface area (Å²) in [5.41, 5.74) is 1.12. The van der Waals surface area contributed by atoms with Crippen LogP contribution in [-0.4, -0.2) is 29.6 Å². The maximum absolute atomic E-state index is 10.7. The molecule has 0 aliphatic carbocycles. The Morgan fingerprint density at radius 2 is 2.29 bits per heavy atom. The molecule has 0 aliphatic rings. The molecule has 0 aromatic carbocycles. The van der Waals surface area contributed by atoms with Gasteiger partial charge in [-0.25, -0.2) is 4.79 Å². The number of rotatable bonds is 4. The van der Waals surface area contributed by atoms with E-state index in [1.165, 1.54) is 11.3 Å². The second-order valence-electron chi connectivity index (χ2n) is 3.33. The van der Waals surface area contributed by atoms with Gasteiger partial charge in [-0.05, 0) is 32.1 Å². The molecule has 0 radical (unpaired) electrons. The molecule has 0 amide bonds. The van der Waals surface area contributed by atoms with Gasteiger partial charge in [0.05, 0.1) is 0 Å². The number of carboxylic acid groups (broad SMARTS) is 1. The number of hydrogen-bond donors (Lipinski definition) is 1. The first-order valence-corrected chi connectivity index (χ1v) is 5.37. The third-order valence-electron chi connectivity index (χ3n) is 2.21. The molecular weight excluding hydrogens is 198 g/mol. The topological polar surface area (TPSA) is 40.5 Å². The third kappa shape index (κ3) is 2.56. The van der Waals surface area contributed by atoms with Gasteiger partial charge in [-0.2, -0.15) is 0 Å². The van der Waals surface area contributed by atoms with Gasteiger partial charge in [-0.1, -0.05) is 6.92 Å². The molecule has 0 fully saturated rings. The molecule has 0 spiro atoms. The smallest absolute Gasteiger partial charge is 0.345 e. The lowest BCUT2D eigenvalue weighted by Crippen LogP contribution is -2.16. The average molecular weight is 213 g/mol. The van der Waals surface area contributed by atoms with Crippen molar-refractivity contribution in [1.29, 1.82) is 0 Å². The van der Waals surface area contributed by atoms with Gasteiger partial charge in [0.15, 0.2) is 0 Å². The monoisotopic (exact) mass is 213 g/mol. The maximum atomic E-state index is 10.7. The zero-order valence-corrected chi connectivity index (χ0v) is 9.52. The predicted molar refractivity (Wildman–Crippen MR) is 58.0 cm³/mol. The van der Waals surface area contributed by atoms with Gasteiger partial charge >= 0.3 is 5.97 Å². The molecule has 0 bridgehead atoms. The van der Waals surface area contributed by atoms with E-state index in [9.17, 15) is 4.79 Å². The lowest BCUT2D eigenvalue weighted by molar-refractivity contribution is 0.0702. The summed E-state index contributed by atoms with van der Waals surface area (Å²) in [5.74, 6) is -0.830. The van der Waals surface area contributed by atoms with Gasteiger partial charge in [0.2, 0.25) is 0 Å². The number of nitrogens with zero attached hydrogens (tertiary/aromatic N) is 1. The zero-order chi connectivity index (χ0) is 10.7. The van der Waals surface area contributed by atoms with Crippen LogP contribution in [0.3, 0.4) is 0 Å². The molecule has 1 aromatic rings. The Morgan fingerprint density at radius 3 is 2.71 bits per heavy atom. The fraction of sp³-hybridized carbons (Fsp3) is 0.500. The lowest BCUT2D eigenvalue weighted by Gasteiger charge is -2.12. The van der Waals surface area contributed by atoms with E-state index in [1.807, 2.05) is 14.0 Å². The van der Waals surface area contributed by atoms with Gasteiger partial charge in [-0.15, -0.1) is 11.3 Å². The van der Waals surface area contributed by atoms with Crippen LogP contribution < -0.4 is 0 Å². The van der Waals surface area contributed by atoms with Crippen LogP contribution in [0.1, 0.15) is 27.0 Å². The maximum Gasteiger partial charge on any atom is 0.345 e. The Hall–Kier alpha value is -0.870. The largest absolute Gasteiger partial charge is 0.477 e. The second-order valence-corrected chi connectivity index (χ2v) is 4.58. The highest BCUT2D eigenvalue weighted by atomic mass is 32.1. The Morgan fingerprint density at radius 1 is 1.64 bits per heavy atom. The summed E-state index contributed by atoms with van der Waals surface area (Å²) in [4.78, 5) is 14.4. The quantitative estimate of drug-likeness (QED) is 0.833. The molecule has 0 atom stereocenters. The van der Waals surface area contributed by atoms with E-state index in [0.29, 0.717) is 4.88 Å². The number of hydrogen-bond acceptors (Lipinski definition) is 3. The van der Waals surface area contributed by atoms with Crippen molar-refractivity contribution in [1.82, 2.24) is 4.90 Å². The van der Waals surface area contributed by atoms with E-state index >= 15 is 0 Å². The molecule has 1 rings (SSSR count). The first kappa shape index (κ1) is 11.2. The fourth-order valence-corrected chi connectivity index (χ4v) is 2.06. The van der Waals surface area contributed by atoms with Crippen LogP contribution in [0, 0.1) is 6.92 Å². The SMILES string of the molecule is CCN(C)Cc1cc(C(=O)O)sc1C. The van der Waals surface area contributed by atoms with Crippen LogP contribution in [0.25, 0.3) is 0 Å². The summed E-state index contributed by atoms with van der Waals surface area (Å²) >= 11 is 1.35. The zero-order valence-electron chi connectivity index (χ0n) is 8.70. The van der Waals surface area contributed by atoms with Crippen molar-refractivity contribution in [3.8, 4) is 0 Å². The number of carboxylic acids is 1. The van der Waals surface area contributed by atoms with Gasteiger partial charge in [0.1, 0.15) is 4.88 Å². The number of aromatic carboxylic acids is 1. The first-order valence-electron chi connectivity index (χ1n) is 4.55. The highest BCUT2D eigenvalue weighted by Crippen LogP contribution is 2.22. The van der Waals surface area contributed by atoms with E-state index in [-0.39, 0.29) is 0 Å². The van der Waals surface area contributed by atoms with Gasteiger partial charge in [-0.3, -0.25) is 0 Å². The minimum absolute atomic E-state index is 0.432. The normalized spacial score (nSPS) is 10.9. The van der Waals surface area contributed by atoms with Crippen molar-refractivity contribution in [3.05, 3.63) is 21.4 Å². The Bertz CT molecular complexity index is 333. The molecule has 78 valence electrons. The number of carbonyl (C=O) groups is 1. The fourth-order valence-electron chi connectivity index (χ4n) is 1.18. The molecule has 0 unspecified atom stereocenters. The number of thiophene rings is 1. The minimum Gasteiger partial charge on any atom is -0.477 e. The van der Waals surface area contributed by atoms with Crippen molar-refractivity contribution in [2.75, 3.05) is 13.6 Å². The van der Waals surface area contributed by atoms with Crippen molar-refractivity contribution in [2.45, 2.75) is 20.4 Å². The molecule has 4 heteroatoms. The molecule has 1 aromatic heterocycles. The summed E-state index contributed by atoms with van der Waals surface area (Å²) in [6.07, 6.45) is 0. The van der Waals surface area contributed by atoms with Crippen LogP contribution in [0.5, 0.6) is 0 Å². The van der Waals surface area contributed by atoms with Crippen LogP contribution in [0.15, 0.2) is 6.07 Å². The lowest BCUT2D eigenvalue weighted by atomic mass is 10.2. The van der Waals surface area contributed by atoms with Gasteiger partial charge < -0.3 is 10.0 Å². The standard InChI is InChI=1S/C10H15NO2S/c1-4-11(3)6-8-5-9(10(12)13)14-7(8)2/h5H,4,6H2,1-3H3,(H,12,13). The Kier molecular flexibility index (Phi) is 3.66. The summed E-state index contributed by atoms with van der Waals surface area (Å²) in [6, 6.07) is 1.77. The summed E-state index contributed by atoms with van der Waals surface area (Å²) in [7, 11) is 2.03. The van der Waals surface area contributed by atoms with Crippen molar-refractivity contribution < 1.29 is 9.90 Å². The molecule has 3 nitrogen and oxygen atoms in total. The molecule has 0 saturated carbocycles. The Balaban J connectivity index is 2.82. The highest BCUT2D eigenvalue weighted by Gasteiger charge is 2.11. The van der Waals surface area contributed by atoms with E-state index in [4.69, 9.17) is 5.11 Å². The summed E-state index contributed by atoms with van der Waals surface area (Å²) in [5, 5.41) is 8.81. The van der Waals surface area contributed by atoms with Crippen molar-refractivity contribution >= 4 is 17.3 Å². The van der Waals surface area contributed by atoms with E-state index in [1.54, 1.807) is 6.07 Å². The first-order chi connectivity index (χ1) is 6.54. The Labute approximate surface area is 88.0 Å². The minimum atomic E-state index is -0.830. The van der Waals surface area contributed by atoms with Crippen LogP contribution in [-0.2, 0) is 6.54 Å². The van der Waals surface area contributed by atoms with E-state index < -0.39 is 5.97 Å². The summed E-state index contributed by atoms with van der Waals surface area (Å²) in [6.45, 7) is 5.85. The molecule has 0 saturated heterocycles. The third-order valence-corrected chi connectivity index (χ3v) is 3.29. The highest BCUT2D eigenvalue weighted by molar-refractivity contribution is 7.14. The van der Waals surface area contributed by atoms with Gasteiger partial charge in [0.25, 0.3) is 0 Å². The predicted octanol–water partition coefficient (Wildman–Crippen LogP) is 2.21. The van der Waals surface area contributed by atoms with Crippen LogP contribution in [0.2, 0.25) is 0 Å². The molecule has 14 heavy (non-hydrogen) atoms. The van der Waals surface area contributed by atoms with Crippen molar-refractivity contribution in [3.63, 3.8) is 0 Å². The second kappa shape index (κ2) is 4.57. The molecular formula is C10H15NO2S. The van der Waals surface area contributed by atoms with Crippen LogP contribution >= 0.6 is 11.3 Å². The van der Waals surface area contributed by atoms with Crippen LogP contribution in [0.4, 0.5) is 0 Å². The van der Waals surface area contributed by atoms with Crippen molar-refractivity contribution in [2.24, 2.45) is 0 Å². The molecule has 1 heterocycles. The van der Waals surface area contributed by atoms with E-state index in [2.05, 4.69) is 11.8 Å². The van der Waals surface area contributed by atoms with E-state index in [0.717, 1.165) is 23.5 Å². The summed E-state index contributed by atoms with van der Waals surface area (Å²) < 4.78 is 0. The molecule has 0 aliphatic heterocycles. The average Bonchev–Trinajstić information content (AvgIpc) is 2.48.